The van der Waals surface area contributed by atoms with Crippen LogP contribution < -0.4 is 10.6 Å². The van der Waals surface area contributed by atoms with Crippen LogP contribution >= 0.6 is 0 Å². The van der Waals surface area contributed by atoms with Crippen molar-refractivity contribution in [2.45, 2.75) is 32.5 Å². The van der Waals surface area contributed by atoms with E-state index in [9.17, 15) is 13.2 Å². The number of nitrogens with zero attached hydrogens (tertiary/aromatic N) is 2. The average Bonchev–Trinajstić information content (AvgIpc) is 2.37. The van der Waals surface area contributed by atoms with Crippen LogP contribution in [0.2, 0.25) is 0 Å². The lowest BCUT2D eigenvalue weighted by Crippen LogP contribution is -2.40. The minimum absolute atomic E-state index is 0.128. The lowest BCUT2D eigenvalue weighted by atomic mass is 9.96. The van der Waals surface area contributed by atoms with Crippen molar-refractivity contribution in [1.29, 1.82) is 0 Å². The Balaban J connectivity index is 2.12. The van der Waals surface area contributed by atoms with Crippen LogP contribution in [0.25, 0.3) is 0 Å². The van der Waals surface area contributed by atoms with Gasteiger partial charge in [-0.05, 0) is 31.4 Å². The maximum absolute atomic E-state index is 12.6. The molecule has 1 fully saturated rings. The molecule has 1 saturated heterocycles. The van der Waals surface area contributed by atoms with Crippen LogP contribution in [0.5, 0.6) is 0 Å². The van der Waals surface area contributed by atoms with Gasteiger partial charge >= 0.3 is 6.18 Å². The summed E-state index contributed by atoms with van der Waals surface area (Å²) in [5, 5.41) is 0. The summed E-state index contributed by atoms with van der Waals surface area (Å²) in [4.78, 5) is 6.20. The predicted octanol–water partition coefficient (Wildman–Crippen LogP) is 2.63. The number of piperidine rings is 1. The summed E-state index contributed by atoms with van der Waals surface area (Å²) in [5.74, 6) is -0.446. The van der Waals surface area contributed by atoms with E-state index < -0.39 is 12.1 Å². The molecule has 1 aromatic rings. The molecule has 0 spiro atoms. The van der Waals surface area contributed by atoms with Gasteiger partial charge in [0.05, 0.1) is 5.92 Å². The van der Waals surface area contributed by atoms with Gasteiger partial charge in [-0.25, -0.2) is 4.98 Å². The largest absolute Gasteiger partial charge is 0.391 e. The molecule has 0 saturated carbocycles. The second-order valence-electron chi connectivity index (χ2n) is 4.94. The third-order valence-corrected chi connectivity index (χ3v) is 3.73. The highest BCUT2D eigenvalue weighted by molar-refractivity contribution is 5.50. The van der Waals surface area contributed by atoms with Crippen LogP contribution in [0.3, 0.4) is 0 Å². The van der Waals surface area contributed by atoms with Gasteiger partial charge in [-0.2, -0.15) is 13.2 Å². The highest BCUT2D eigenvalue weighted by Crippen LogP contribution is 2.35. The van der Waals surface area contributed by atoms with E-state index in [1.165, 1.54) is 0 Å². The fourth-order valence-corrected chi connectivity index (χ4v) is 2.52. The summed E-state index contributed by atoms with van der Waals surface area (Å²) in [5.41, 5.74) is 7.66. The highest BCUT2D eigenvalue weighted by atomic mass is 19.4. The van der Waals surface area contributed by atoms with Crippen molar-refractivity contribution in [3.05, 3.63) is 23.4 Å². The zero-order chi connectivity index (χ0) is 14.0. The molecular weight excluding hydrogens is 255 g/mol. The lowest BCUT2D eigenvalue weighted by molar-refractivity contribution is -0.179. The second-order valence-corrected chi connectivity index (χ2v) is 4.94. The molecule has 0 amide bonds. The number of aromatic nitrogens is 1. The molecule has 6 heteroatoms. The Bertz CT molecular complexity index is 437. The topological polar surface area (TPSA) is 42.2 Å². The summed E-state index contributed by atoms with van der Waals surface area (Å²) < 4.78 is 37.9. The molecule has 0 unspecified atom stereocenters. The molecule has 0 radical (unpaired) electrons. The summed E-state index contributed by atoms with van der Waals surface area (Å²) >= 11 is 0. The monoisotopic (exact) mass is 273 g/mol. The van der Waals surface area contributed by atoms with Crippen molar-refractivity contribution >= 4 is 5.82 Å². The second kappa shape index (κ2) is 5.36. The van der Waals surface area contributed by atoms with Crippen LogP contribution in [-0.2, 0) is 6.54 Å². The third-order valence-electron chi connectivity index (χ3n) is 3.73. The normalized spacial score (nSPS) is 17.8. The predicted molar refractivity (Wildman–Crippen MR) is 67.9 cm³/mol. The van der Waals surface area contributed by atoms with Crippen molar-refractivity contribution < 1.29 is 13.2 Å². The van der Waals surface area contributed by atoms with Crippen LogP contribution in [0.1, 0.15) is 24.0 Å². The third kappa shape index (κ3) is 3.00. The van der Waals surface area contributed by atoms with Crippen molar-refractivity contribution in [3.8, 4) is 0 Å². The Kier molecular flexibility index (Phi) is 3.99. The molecule has 3 nitrogen and oxygen atoms in total. The molecule has 0 atom stereocenters. The molecule has 2 heterocycles. The molecule has 2 N–H and O–H groups in total. The SMILES string of the molecule is Cc1ccnc(N2CCC(C(F)(F)F)CC2)c1CN. The smallest absolute Gasteiger partial charge is 0.356 e. The van der Waals surface area contributed by atoms with Crippen LogP contribution in [0.4, 0.5) is 19.0 Å². The van der Waals surface area contributed by atoms with Crippen molar-refractivity contribution in [2.75, 3.05) is 18.0 Å². The number of halogens is 3. The molecule has 0 aliphatic carbocycles. The van der Waals surface area contributed by atoms with Crippen molar-refractivity contribution in [2.24, 2.45) is 11.7 Å². The maximum atomic E-state index is 12.6. The lowest BCUT2D eigenvalue weighted by Gasteiger charge is -2.34. The van der Waals surface area contributed by atoms with Gasteiger partial charge in [0.25, 0.3) is 0 Å². The van der Waals surface area contributed by atoms with Crippen LogP contribution in [0, 0.1) is 12.8 Å². The van der Waals surface area contributed by atoms with E-state index >= 15 is 0 Å². The standard InChI is InChI=1S/C13H18F3N3/c1-9-2-5-18-12(11(9)8-17)19-6-3-10(4-7-19)13(14,15)16/h2,5,10H,3-4,6-8,17H2,1H3. The summed E-state index contributed by atoms with van der Waals surface area (Å²) in [6.45, 7) is 3.06. The van der Waals surface area contributed by atoms with Gasteiger partial charge in [0.2, 0.25) is 0 Å². The molecule has 0 bridgehead atoms. The average molecular weight is 273 g/mol. The van der Waals surface area contributed by atoms with Crippen LogP contribution in [0.15, 0.2) is 12.3 Å². The maximum Gasteiger partial charge on any atom is 0.391 e. The summed E-state index contributed by atoms with van der Waals surface area (Å²) in [6.07, 6.45) is -2.14. The van der Waals surface area contributed by atoms with Gasteiger partial charge in [0, 0.05) is 31.4 Å². The van der Waals surface area contributed by atoms with Gasteiger partial charge in [-0.1, -0.05) is 0 Å². The number of anilines is 1. The molecule has 0 aromatic carbocycles. The van der Waals surface area contributed by atoms with Crippen LogP contribution in [-0.4, -0.2) is 24.2 Å². The molecule has 1 aliphatic heterocycles. The van der Waals surface area contributed by atoms with Gasteiger partial charge in [-0.3, -0.25) is 0 Å². The number of rotatable bonds is 2. The Morgan fingerprint density at radius 3 is 2.53 bits per heavy atom. The van der Waals surface area contributed by atoms with E-state index in [1.54, 1.807) is 6.20 Å². The van der Waals surface area contributed by atoms with E-state index in [0.717, 1.165) is 16.9 Å². The van der Waals surface area contributed by atoms with Crippen molar-refractivity contribution in [1.82, 2.24) is 4.98 Å². The van der Waals surface area contributed by atoms with E-state index in [4.69, 9.17) is 5.73 Å². The van der Waals surface area contributed by atoms with Gasteiger partial charge < -0.3 is 10.6 Å². The van der Waals surface area contributed by atoms with E-state index in [-0.39, 0.29) is 12.8 Å². The van der Waals surface area contributed by atoms with E-state index in [0.29, 0.717) is 19.6 Å². The number of hydrogen-bond donors (Lipinski definition) is 1. The number of aryl methyl sites for hydroxylation is 1. The Morgan fingerprint density at radius 2 is 2.00 bits per heavy atom. The van der Waals surface area contributed by atoms with Gasteiger partial charge in [0.1, 0.15) is 5.82 Å². The van der Waals surface area contributed by atoms with Crippen molar-refractivity contribution in [3.63, 3.8) is 0 Å². The quantitative estimate of drug-likeness (QED) is 0.900. The van der Waals surface area contributed by atoms with Gasteiger partial charge in [-0.15, -0.1) is 0 Å². The summed E-state index contributed by atoms with van der Waals surface area (Å²) in [7, 11) is 0. The highest BCUT2D eigenvalue weighted by Gasteiger charge is 2.41. The molecule has 19 heavy (non-hydrogen) atoms. The number of pyridine rings is 1. The molecule has 1 aromatic heterocycles. The number of hydrogen-bond acceptors (Lipinski definition) is 3. The Labute approximate surface area is 110 Å². The fraction of sp³-hybridized carbons (Fsp3) is 0.615. The number of alkyl halides is 3. The zero-order valence-electron chi connectivity index (χ0n) is 10.9. The number of nitrogens with two attached hydrogens (primary N) is 1. The molecule has 2 rings (SSSR count). The molecule has 1 aliphatic rings. The fourth-order valence-electron chi connectivity index (χ4n) is 2.52. The first-order valence-corrected chi connectivity index (χ1v) is 6.39. The molecular formula is C13H18F3N3. The Morgan fingerprint density at radius 1 is 1.37 bits per heavy atom. The minimum atomic E-state index is -4.08. The first-order valence-electron chi connectivity index (χ1n) is 6.39. The Hall–Kier alpha value is -1.30. The molecule has 106 valence electrons. The first-order chi connectivity index (χ1) is 8.93. The van der Waals surface area contributed by atoms with E-state index in [2.05, 4.69) is 4.98 Å². The summed E-state index contributed by atoms with van der Waals surface area (Å²) in [6, 6.07) is 1.87. The van der Waals surface area contributed by atoms with E-state index in [1.807, 2.05) is 17.9 Å². The first kappa shape index (κ1) is 14.1. The zero-order valence-corrected chi connectivity index (χ0v) is 10.9. The van der Waals surface area contributed by atoms with Gasteiger partial charge in [0.15, 0.2) is 0 Å². The minimum Gasteiger partial charge on any atom is -0.356 e.